The Kier molecular flexibility index (Phi) is 6.54. The van der Waals surface area contributed by atoms with Crippen molar-refractivity contribution in [3.05, 3.63) is 82.9 Å². The molecule has 0 spiro atoms. The summed E-state index contributed by atoms with van der Waals surface area (Å²) in [7, 11) is 0. The van der Waals surface area contributed by atoms with Crippen LogP contribution >= 0.6 is 0 Å². The summed E-state index contributed by atoms with van der Waals surface area (Å²) in [6, 6.07) is 19.0. The molecule has 0 aliphatic carbocycles. The van der Waals surface area contributed by atoms with Crippen molar-refractivity contribution in [2.45, 2.75) is 52.4 Å². The molecule has 3 aromatic rings. The minimum atomic E-state index is -0.154. The van der Waals surface area contributed by atoms with Gasteiger partial charge in [0.25, 0.3) is 0 Å². The summed E-state index contributed by atoms with van der Waals surface area (Å²) in [5, 5.41) is 21.3. The number of hydrogen-bond donors (Lipinski definition) is 2. The van der Waals surface area contributed by atoms with Crippen molar-refractivity contribution in [3.8, 4) is 11.5 Å². The molecule has 3 rings (SSSR count). The van der Waals surface area contributed by atoms with Gasteiger partial charge in [0.15, 0.2) is 0 Å². The summed E-state index contributed by atoms with van der Waals surface area (Å²) in [4.78, 5) is 9.06. The van der Waals surface area contributed by atoms with Crippen LogP contribution in [0.2, 0.25) is 0 Å². The second kappa shape index (κ2) is 8.99. The van der Waals surface area contributed by atoms with Gasteiger partial charge in [-0.2, -0.15) is 0 Å². The minimum absolute atomic E-state index is 0.154. The summed E-state index contributed by atoms with van der Waals surface area (Å²) in [5.41, 5.74) is 4.28. The molecule has 0 aliphatic rings. The van der Waals surface area contributed by atoms with Crippen LogP contribution in [0.3, 0.4) is 0 Å². The lowest BCUT2D eigenvalue weighted by atomic mass is 9.85. The molecule has 3 aromatic carbocycles. The molecular formula is C28H32N2O2. The topological polar surface area (TPSA) is 65.2 Å². The molecule has 4 nitrogen and oxygen atoms in total. The number of nitrogens with zero attached hydrogens (tertiary/aromatic N) is 2. The summed E-state index contributed by atoms with van der Waals surface area (Å²) >= 11 is 0. The Morgan fingerprint density at radius 2 is 0.969 bits per heavy atom. The number of aliphatic imine (C=N–C) groups is 2. The van der Waals surface area contributed by atoms with E-state index in [1.165, 1.54) is 0 Å². The Morgan fingerprint density at radius 3 is 1.34 bits per heavy atom. The van der Waals surface area contributed by atoms with Crippen LogP contribution in [0, 0.1) is 0 Å². The lowest BCUT2D eigenvalue weighted by Gasteiger charge is -2.21. The van der Waals surface area contributed by atoms with Gasteiger partial charge in [0.1, 0.15) is 11.5 Å². The van der Waals surface area contributed by atoms with Gasteiger partial charge in [0, 0.05) is 23.6 Å². The highest BCUT2D eigenvalue weighted by Gasteiger charge is 2.20. The third-order valence-corrected chi connectivity index (χ3v) is 5.29. The van der Waals surface area contributed by atoms with Crippen LogP contribution in [0.25, 0.3) is 0 Å². The maximum atomic E-state index is 10.6. The van der Waals surface area contributed by atoms with Crippen LogP contribution in [0.15, 0.2) is 70.6 Å². The van der Waals surface area contributed by atoms with Gasteiger partial charge < -0.3 is 10.2 Å². The van der Waals surface area contributed by atoms with Crippen LogP contribution in [0.4, 0.5) is 11.4 Å². The van der Waals surface area contributed by atoms with E-state index in [1.807, 2.05) is 60.7 Å². The minimum Gasteiger partial charge on any atom is -0.507 e. The van der Waals surface area contributed by atoms with Crippen molar-refractivity contribution in [2.75, 3.05) is 0 Å². The lowest BCUT2D eigenvalue weighted by molar-refractivity contribution is 0.445. The predicted molar refractivity (Wildman–Crippen MR) is 135 cm³/mol. The number of phenols is 2. The van der Waals surface area contributed by atoms with Crippen molar-refractivity contribution in [1.82, 2.24) is 0 Å². The van der Waals surface area contributed by atoms with E-state index in [-0.39, 0.29) is 22.3 Å². The molecule has 166 valence electrons. The van der Waals surface area contributed by atoms with E-state index in [4.69, 9.17) is 0 Å². The Balaban J connectivity index is 1.85. The number of benzene rings is 3. The van der Waals surface area contributed by atoms with Crippen LogP contribution in [0.5, 0.6) is 11.5 Å². The first-order chi connectivity index (χ1) is 15.0. The van der Waals surface area contributed by atoms with Gasteiger partial charge in [-0.3, -0.25) is 9.98 Å². The Labute approximate surface area is 191 Å². The smallest absolute Gasteiger partial charge is 0.128 e. The van der Waals surface area contributed by atoms with Crippen molar-refractivity contribution in [1.29, 1.82) is 0 Å². The molecule has 0 atom stereocenters. The Bertz CT molecular complexity index is 1070. The average molecular weight is 429 g/mol. The molecule has 32 heavy (non-hydrogen) atoms. The number of phenolic OH excluding ortho intramolecular Hbond substituents is 2. The SMILES string of the molecule is CC(C)(C)c1cccc(/C=N/c2cccc(/N=C/c3cccc(C(C)(C)C)c3O)c2)c1O. The molecule has 0 saturated heterocycles. The second-order valence-corrected chi connectivity index (χ2v) is 10.0. The van der Waals surface area contributed by atoms with Gasteiger partial charge in [-0.05, 0) is 52.3 Å². The molecule has 0 amide bonds. The first-order valence-electron chi connectivity index (χ1n) is 10.8. The Morgan fingerprint density at radius 1 is 0.594 bits per heavy atom. The van der Waals surface area contributed by atoms with Crippen LogP contribution in [-0.2, 0) is 10.8 Å². The standard InChI is InChI=1S/C28H32N2O2/c1-27(2,3)23-14-7-10-19(25(23)31)17-29-21-12-9-13-22(16-21)30-18-20-11-8-15-24(26(20)32)28(4,5)6/h7-18,31-32H,1-6H3/b29-17+,30-18+. The van der Waals surface area contributed by atoms with Crippen molar-refractivity contribution in [2.24, 2.45) is 9.98 Å². The summed E-state index contributed by atoms with van der Waals surface area (Å²) in [5.74, 6) is 0.513. The summed E-state index contributed by atoms with van der Waals surface area (Å²) < 4.78 is 0. The molecule has 0 unspecified atom stereocenters. The number of hydrogen-bond acceptors (Lipinski definition) is 4. The molecule has 0 fully saturated rings. The second-order valence-electron chi connectivity index (χ2n) is 10.0. The fraction of sp³-hybridized carbons (Fsp3) is 0.286. The average Bonchev–Trinajstić information content (AvgIpc) is 2.71. The molecule has 2 N–H and O–H groups in total. The zero-order valence-corrected chi connectivity index (χ0v) is 19.7. The molecule has 0 bridgehead atoms. The fourth-order valence-electron chi connectivity index (χ4n) is 3.48. The molecule has 0 saturated carbocycles. The summed E-state index contributed by atoms with van der Waals surface area (Å²) in [6.07, 6.45) is 3.35. The molecular weight excluding hydrogens is 396 g/mol. The van der Waals surface area contributed by atoms with E-state index >= 15 is 0 Å². The van der Waals surface area contributed by atoms with E-state index in [2.05, 4.69) is 51.5 Å². The van der Waals surface area contributed by atoms with Gasteiger partial charge in [-0.1, -0.05) is 71.9 Å². The van der Waals surface area contributed by atoms with Gasteiger partial charge in [-0.15, -0.1) is 0 Å². The third kappa shape index (κ3) is 5.44. The maximum absolute atomic E-state index is 10.6. The zero-order valence-electron chi connectivity index (χ0n) is 19.7. The number of aromatic hydroxyl groups is 2. The van der Waals surface area contributed by atoms with Crippen LogP contribution in [-0.4, -0.2) is 22.6 Å². The summed E-state index contributed by atoms with van der Waals surface area (Å²) in [6.45, 7) is 12.4. The zero-order chi connectivity index (χ0) is 23.5. The van der Waals surface area contributed by atoms with E-state index in [0.717, 1.165) is 22.5 Å². The highest BCUT2D eigenvalue weighted by molar-refractivity contribution is 5.87. The van der Waals surface area contributed by atoms with Crippen molar-refractivity contribution in [3.63, 3.8) is 0 Å². The molecule has 4 heteroatoms. The lowest BCUT2D eigenvalue weighted by Crippen LogP contribution is -2.11. The monoisotopic (exact) mass is 428 g/mol. The third-order valence-electron chi connectivity index (χ3n) is 5.29. The Hall–Kier alpha value is -3.40. The van der Waals surface area contributed by atoms with Crippen molar-refractivity contribution < 1.29 is 10.2 Å². The van der Waals surface area contributed by atoms with Crippen molar-refractivity contribution >= 4 is 23.8 Å². The molecule has 0 radical (unpaired) electrons. The predicted octanol–water partition coefficient (Wildman–Crippen LogP) is 7.19. The highest BCUT2D eigenvalue weighted by atomic mass is 16.3. The largest absolute Gasteiger partial charge is 0.507 e. The highest BCUT2D eigenvalue weighted by Crippen LogP contribution is 2.34. The van der Waals surface area contributed by atoms with E-state index in [1.54, 1.807) is 12.4 Å². The molecule has 0 aromatic heterocycles. The molecule has 0 heterocycles. The quantitative estimate of drug-likeness (QED) is 0.432. The van der Waals surface area contributed by atoms with E-state index in [0.29, 0.717) is 11.1 Å². The van der Waals surface area contributed by atoms with Gasteiger partial charge in [-0.25, -0.2) is 0 Å². The number of para-hydroxylation sites is 2. The number of rotatable bonds is 4. The normalized spacial score (nSPS) is 12.7. The van der Waals surface area contributed by atoms with Gasteiger partial charge >= 0.3 is 0 Å². The van der Waals surface area contributed by atoms with Crippen LogP contribution < -0.4 is 0 Å². The van der Waals surface area contributed by atoms with Crippen LogP contribution in [0.1, 0.15) is 63.8 Å². The first-order valence-corrected chi connectivity index (χ1v) is 10.8. The maximum Gasteiger partial charge on any atom is 0.128 e. The first kappa shape index (κ1) is 23.3. The van der Waals surface area contributed by atoms with Gasteiger partial charge in [0.05, 0.1) is 11.4 Å². The van der Waals surface area contributed by atoms with E-state index in [9.17, 15) is 10.2 Å². The molecule has 0 aliphatic heterocycles. The van der Waals surface area contributed by atoms with Gasteiger partial charge in [0.2, 0.25) is 0 Å². The van der Waals surface area contributed by atoms with E-state index < -0.39 is 0 Å². The fourth-order valence-corrected chi connectivity index (χ4v) is 3.48.